The second-order valence-electron chi connectivity index (χ2n) is 4.34. The van der Waals surface area contributed by atoms with Gasteiger partial charge in [-0.15, -0.1) is 0 Å². The quantitative estimate of drug-likeness (QED) is 0.922. The van der Waals surface area contributed by atoms with Crippen molar-refractivity contribution < 1.29 is 13.3 Å². The molecule has 3 nitrogen and oxygen atoms in total. The minimum absolute atomic E-state index is 0.261. The van der Waals surface area contributed by atoms with E-state index in [1.807, 2.05) is 0 Å². The summed E-state index contributed by atoms with van der Waals surface area (Å²) in [6, 6.07) is 11.6. The van der Waals surface area contributed by atoms with Crippen molar-refractivity contribution in [1.29, 1.82) is 0 Å². The molecule has 0 saturated carbocycles. The van der Waals surface area contributed by atoms with E-state index in [2.05, 4.69) is 0 Å². The molecule has 0 bridgehead atoms. The van der Waals surface area contributed by atoms with Crippen LogP contribution >= 0.6 is 0 Å². The molecule has 0 amide bonds. The Kier molecular flexibility index (Phi) is 4.87. The Balaban J connectivity index is 2.16. The van der Waals surface area contributed by atoms with Gasteiger partial charge in [0.1, 0.15) is 11.6 Å². The first-order valence-corrected chi connectivity index (χ1v) is 7.45. The Morgan fingerprint density at radius 3 is 2.40 bits per heavy atom. The normalized spacial score (nSPS) is 12.2. The van der Waals surface area contributed by atoms with E-state index >= 15 is 0 Å². The van der Waals surface area contributed by atoms with E-state index in [1.54, 1.807) is 37.4 Å². The molecule has 2 N–H and O–H groups in total. The highest BCUT2D eigenvalue weighted by atomic mass is 32.2. The predicted molar refractivity (Wildman–Crippen MR) is 77.4 cm³/mol. The molecule has 0 aliphatic rings. The van der Waals surface area contributed by atoms with Crippen molar-refractivity contribution in [1.82, 2.24) is 0 Å². The molecule has 0 saturated heterocycles. The number of hydrogen-bond acceptors (Lipinski definition) is 3. The van der Waals surface area contributed by atoms with Gasteiger partial charge in [0.05, 0.1) is 23.7 Å². The van der Waals surface area contributed by atoms with E-state index in [-0.39, 0.29) is 18.1 Å². The van der Waals surface area contributed by atoms with Crippen LogP contribution in [0.4, 0.5) is 4.39 Å². The van der Waals surface area contributed by atoms with Crippen molar-refractivity contribution in [2.45, 2.75) is 17.2 Å². The SMILES string of the molecule is COc1ccc(S(=O)Cc2cc(F)cc(CN)c2)cc1. The summed E-state index contributed by atoms with van der Waals surface area (Å²) in [6.45, 7) is 0.264. The monoisotopic (exact) mass is 293 g/mol. The lowest BCUT2D eigenvalue weighted by Crippen LogP contribution is -2.01. The van der Waals surface area contributed by atoms with Crippen molar-refractivity contribution in [3.05, 3.63) is 59.4 Å². The molecule has 2 aromatic carbocycles. The number of methoxy groups -OCH3 is 1. The topological polar surface area (TPSA) is 52.3 Å². The molecule has 106 valence electrons. The Labute approximate surface area is 120 Å². The van der Waals surface area contributed by atoms with Crippen LogP contribution in [0.5, 0.6) is 5.75 Å². The first-order chi connectivity index (χ1) is 9.62. The molecule has 2 rings (SSSR count). The molecule has 1 unspecified atom stereocenters. The maximum absolute atomic E-state index is 13.4. The third-order valence-electron chi connectivity index (χ3n) is 2.87. The lowest BCUT2D eigenvalue weighted by Gasteiger charge is -2.06. The standard InChI is InChI=1S/C15H16FNO2S/c1-19-14-2-4-15(5-3-14)20(18)10-12-6-11(9-17)7-13(16)8-12/h2-8H,9-10,17H2,1H3. The minimum Gasteiger partial charge on any atom is -0.497 e. The van der Waals surface area contributed by atoms with Crippen LogP contribution in [0.25, 0.3) is 0 Å². The Morgan fingerprint density at radius 1 is 1.15 bits per heavy atom. The summed E-state index contributed by atoms with van der Waals surface area (Å²) in [5, 5.41) is 0. The lowest BCUT2D eigenvalue weighted by molar-refractivity contribution is 0.414. The van der Waals surface area contributed by atoms with Crippen LogP contribution in [-0.2, 0) is 23.1 Å². The van der Waals surface area contributed by atoms with E-state index in [9.17, 15) is 8.60 Å². The van der Waals surface area contributed by atoms with Crippen LogP contribution < -0.4 is 10.5 Å². The van der Waals surface area contributed by atoms with E-state index in [0.29, 0.717) is 21.8 Å². The van der Waals surface area contributed by atoms with Gasteiger partial charge in [-0.3, -0.25) is 4.21 Å². The summed E-state index contributed by atoms with van der Waals surface area (Å²) in [5.74, 6) is 0.619. The Bertz CT molecular complexity index is 614. The predicted octanol–water partition coefficient (Wildman–Crippen LogP) is 2.60. The lowest BCUT2D eigenvalue weighted by atomic mass is 10.1. The molecule has 0 fully saturated rings. The number of ether oxygens (including phenoxy) is 1. The molecule has 1 atom stereocenters. The summed E-state index contributed by atoms with van der Waals surface area (Å²) in [4.78, 5) is 0.685. The molecule has 2 aromatic rings. The smallest absolute Gasteiger partial charge is 0.123 e. The highest BCUT2D eigenvalue weighted by molar-refractivity contribution is 7.84. The number of halogens is 1. The molecule has 0 radical (unpaired) electrons. The van der Waals surface area contributed by atoms with Crippen molar-refractivity contribution >= 4 is 10.8 Å². The van der Waals surface area contributed by atoms with Gasteiger partial charge in [-0.2, -0.15) is 0 Å². The van der Waals surface area contributed by atoms with Gasteiger partial charge in [-0.1, -0.05) is 6.07 Å². The van der Waals surface area contributed by atoms with Crippen molar-refractivity contribution in [2.24, 2.45) is 5.73 Å². The number of rotatable bonds is 5. The zero-order valence-electron chi connectivity index (χ0n) is 11.1. The molecular weight excluding hydrogens is 277 g/mol. The van der Waals surface area contributed by atoms with Crippen LogP contribution in [0.15, 0.2) is 47.4 Å². The zero-order valence-corrected chi connectivity index (χ0v) is 12.0. The van der Waals surface area contributed by atoms with Crippen LogP contribution in [0, 0.1) is 5.82 Å². The van der Waals surface area contributed by atoms with Gasteiger partial charge in [-0.05, 0) is 47.5 Å². The van der Waals surface area contributed by atoms with Gasteiger partial charge in [0, 0.05) is 11.4 Å². The van der Waals surface area contributed by atoms with Gasteiger partial charge < -0.3 is 10.5 Å². The molecule has 0 aliphatic heterocycles. The molecule has 0 aliphatic carbocycles. The molecule has 0 heterocycles. The second-order valence-corrected chi connectivity index (χ2v) is 5.79. The third-order valence-corrected chi connectivity index (χ3v) is 4.27. The van der Waals surface area contributed by atoms with E-state index < -0.39 is 10.8 Å². The minimum atomic E-state index is -1.23. The maximum Gasteiger partial charge on any atom is 0.123 e. The van der Waals surface area contributed by atoms with Crippen LogP contribution in [-0.4, -0.2) is 11.3 Å². The average Bonchev–Trinajstić information content (AvgIpc) is 2.46. The average molecular weight is 293 g/mol. The summed E-state index contributed by atoms with van der Waals surface area (Å²) < 4.78 is 30.7. The number of hydrogen-bond donors (Lipinski definition) is 1. The van der Waals surface area contributed by atoms with E-state index in [1.165, 1.54) is 12.1 Å². The Hall–Kier alpha value is -1.72. The van der Waals surface area contributed by atoms with Gasteiger partial charge in [0.15, 0.2) is 0 Å². The van der Waals surface area contributed by atoms with Crippen LogP contribution in [0.2, 0.25) is 0 Å². The van der Waals surface area contributed by atoms with Gasteiger partial charge in [0.2, 0.25) is 0 Å². The fraction of sp³-hybridized carbons (Fsp3) is 0.200. The fourth-order valence-corrected chi connectivity index (χ4v) is 2.96. The molecule has 0 aromatic heterocycles. The molecule has 20 heavy (non-hydrogen) atoms. The summed E-state index contributed by atoms with van der Waals surface area (Å²) in [6.07, 6.45) is 0. The largest absolute Gasteiger partial charge is 0.497 e. The first kappa shape index (κ1) is 14.7. The van der Waals surface area contributed by atoms with E-state index in [0.717, 1.165) is 0 Å². The highest BCUT2D eigenvalue weighted by Gasteiger charge is 2.07. The van der Waals surface area contributed by atoms with Gasteiger partial charge in [0.25, 0.3) is 0 Å². The van der Waals surface area contributed by atoms with E-state index in [4.69, 9.17) is 10.5 Å². The first-order valence-electron chi connectivity index (χ1n) is 6.13. The number of benzene rings is 2. The maximum atomic E-state index is 13.4. The summed E-state index contributed by atoms with van der Waals surface area (Å²) >= 11 is 0. The molecule has 5 heteroatoms. The highest BCUT2D eigenvalue weighted by Crippen LogP contribution is 2.18. The summed E-state index contributed by atoms with van der Waals surface area (Å²) in [5.41, 5.74) is 6.89. The second kappa shape index (κ2) is 6.63. The molecular formula is C15H16FNO2S. The van der Waals surface area contributed by atoms with Gasteiger partial charge in [-0.25, -0.2) is 4.39 Å². The van der Waals surface area contributed by atoms with Crippen molar-refractivity contribution in [3.63, 3.8) is 0 Å². The Morgan fingerprint density at radius 2 is 1.80 bits per heavy atom. The molecule has 0 spiro atoms. The fourth-order valence-electron chi connectivity index (χ4n) is 1.88. The summed E-state index contributed by atoms with van der Waals surface area (Å²) in [7, 11) is 0.350. The zero-order chi connectivity index (χ0) is 14.5. The number of nitrogens with two attached hydrogens (primary N) is 1. The third kappa shape index (κ3) is 3.65. The van der Waals surface area contributed by atoms with Crippen LogP contribution in [0.1, 0.15) is 11.1 Å². The van der Waals surface area contributed by atoms with Crippen molar-refractivity contribution in [2.75, 3.05) is 7.11 Å². The van der Waals surface area contributed by atoms with Gasteiger partial charge >= 0.3 is 0 Å². The van der Waals surface area contributed by atoms with Crippen molar-refractivity contribution in [3.8, 4) is 5.75 Å². The van der Waals surface area contributed by atoms with Crippen LogP contribution in [0.3, 0.4) is 0 Å².